The van der Waals surface area contributed by atoms with Gasteiger partial charge in [-0.1, -0.05) is 18.2 Å². The lowest BCUT2D eigenvalue weighted by Crippen LogP contribution is -2.11. The Balaban J connectivity index is 1.76. The van der Waals surface area contributed by atoms with Gasteiger partial charge in [-0.25, -0.2) is 4.39 Å². The highest BCUT2D eigenvalue weighted by atomic mass is 19.1. The Hall–Kier alpha value is -2.89. The van der Waals surface area contributed by atoms with E-state index in [4.69, 9.17) is 9.84 Å². The first-order valence-corrected chi connectivity index (χ1v) is 8.02. The van der Waals surface area contributed by atoms with Crippen LogP contribution in [0, 0.1) is 5.82 Å². The third-order valence-corrected chi connectivity index (χ3v) is 3.53. The Morgan fingerprint density at radius 1 is 1.00 bits per heavy atom. The summed E-state index contributed by atoms with van der Waals surface area (Å²) in [5.74, 6) is -0.756. The minimum atomic E-state index is -0.855. The number of hydrogen-bond acceptors (Lipinski definition) is 3. The molecular formula is C19H20FNO4. The number of carbonyl (C=O) groups is 2. The van der Waals surface area contributed by atoms with Gasteiger partial charge in [0.2, 0.25) is 5.91 Å². The van der Waals surface area contributed by atoms with Crippen molar-refractivity contribution < 1.29 is 23.8 Å². The van der Waals surface area contributed by atoms with E-state index in [0.717, 1.165) is 0 Å². The van der Waals surface area contributed by atoms with Crippen molar-refractivity contribution in [1.29, 1.82) is 0 Å². The van der Waals surface area contributed by atoms with Gasteiger partial charge in [0.15, 0.2) is 0 Å². The first kappa shape index (κ1) is 18.4. The molecule has 0 saturated heterocycles. The second-order valence-corrected chi connectivity index (χ2v) is 5.55. The van der Waals surface area contributed by atoms with Crippen LogP contribution in [0.3, 0.4) is 0 Å². The topological polar surface area (TPSA) is 75.6 Å². The van der Waals surface area contributed by atoms with E-state index in [2.05, 4.69) is 5.32 Å². The van der Waals surface area contributed by atoms with E-state index < -0.39 is 5.97 Å². The van der Waals surface area contributed by atoms with E-state index in [-0.39, 0.29) is 31.2 Å². The lowest BCUT2D eigenvalue weighted by atomic mass is 10.2. The lowest BCUT2D eigenvalue weighted by Gasteiger charge is -2.09. The van der Waals surface area contributed by atoms with Crippen LogP contribution in [0.25, 0.3) is 0 Å². The van der Waals surface area contributed by atoms with Crippen molar-refractivity contribution in [1.82, 2.24) is 0 Å². The minimum absolute atomic E-state index is 0.0708. The van der Waals surface area contributed by atoms with Crippen molar-refractivity contribution in [3.63, 3.8) is 0 Å². The number of carbonyl (C=O) groups excluding carboxylic acids is 1. The van der Waals surface area contributed by atoms with Gasteiger partial charge >= 0.3 is 5.97 Å². The van der Waals surface area contributed by atoms with Crippen LogP contribution in [-0.2, 0) is 16.2 Å². The lowest BCUT2D eigenvalue weighted by molar-refractivity contribution is -0.137. The summed E-state index contributed by atoms with van der Waals surface area (Å²) in [5, 5.41) is 11.3. The van der Waals surface area contributed by atoms with Crippen LogP contribution in [0.1, 0.15) is 31.2 Å². The van der Waals surface area contributed by atoms with Crippen molar-refractivity contribution in [2.24, 2.45) is 0 Å². The average molecular weight is 345 g/mol. The Labute approximate surface area is 145 Å². The number of nitrogens with one attached hydrogen (secondary N) is 1. The maximum absolute atomic E-state index is 13.5. The number of benzene rings is 2. The monoisotopic (exact) mass is 345 g/mol. The molecule has 0 aliphatic carbocycles. The fourth-order valence-electron chi connectivity index (χ4n) is 2.20. The van der Waals surface area contributed by atoms with Gasteiger partial charge < -0.3 is 15.2 Å². The minimum Gasteiger partial charge on any atom is -0.489 e. The molecule has 0 unspecified atom stereocenters. The zero-order valence-corrected chi connectivity index (χ0v) is 13.7. The van der Waals surface area contributed by atoms with Crippen molar-refractivity contribution in [2.45, 2.75) is 32.3 Å². The normalized spacial score (nSPS) is 10.3. The predicted molar refractivity (Wildman–Crippen MR) is 91.9 cm³/mol. The molecule has 0 radical (unpaired) electrons. The van der Waals surface area contributed by atoms with Gasteiger partial charge in [-0.15, -0.1) is 0 Å². The molecule has 2 N–H and O–H groups in total. The molecule has 0 aromatic heterocycles. The second kappa shape index (κ2) is 9.42. The molecule has 5 nitrogen and oxygen atoms in total. The molecule has 132 valence electrons. The Kier molecular flexibility index (Phi) is 6.95. The van der Waals surface area contributed by atoms with E-state index in [9.17, 15) is 14.0 Å². The molecule has 0 aliphatic rings. The summed E-state index contributed by atoms with van der Waals surface area (Å²) >= 11 is 0. The second-order valence-electron chi connectivity index (χ2n) is 5.55. The Bertz CT molecular complexity index is 716. The SMILES string of the molecule is O=C(O)CCCCC(=O)Nc1ccc(OCc2ccccc2F)cc1. The van der Waals surface area contributed by atoms with Crippen LogP contribution in [0.4, 0.5) is 10.1 Å². The van der Waals surface area contributed by atoms with Crippen LogP contribution in [0.2, 0.25) is 0 Å². The number of aliphatic carboxylic acids is 1. The molecule has 1 amide bonds. The van der Waals surface area contributed by atoms with Crippen LogP contribution in [0.5, 0.6) is 5.75 Å². The van der Waals surface area contributed by atoms with Crippen molar-refractivity contribution in [2.75, 3.05) is 5.32 Å². The molecular weight excluding hydrogens is 325 g/mol. The molecule has 0 atom stereocenters. The third-order valence-electron chi connectivity index (χ3n) is 3.53. The van der Waals surface area contributed by atoms with Gasteiger partial charge in [0.25, 0.3) is 0 Å². The molecule has 0 spiro atoms. The standard InChI is InChI=1S/C19H20FNO4/c20-17-6-2-1-5-14(17)13-25-16-11-9-15(10-12-16)21-18(22)7-3-4-8-19(23)24/h1-2,5-6,9-12H,3-4,7-8,13H2,(H,21,22)(H,23,24). The fraction of sp³-hybridized carbons (Fsp3) is 0.263. The Morgan fingerprint density at radius 2 is 1.68 bits per heavy atom. The van der Waals surface area contributed by atoms with Gasteiger partial charge in [0.05, 0.1) is 0 Å². The molecule has 2 aromatic carbocycles. The van der Waals surface area contributed by atoms with Crippen molar-refractivity contribution in [3.05, 3.63) is 59.9 Å². The number of ether oxygens (including phenoxy) is 1. The van der Waals surface area contributed by atoms with E-state index in [1.165, 1.54) is 6.07 Å². The van der Waals surface area contributed by atoms with Gasteiger partial charge in [-0.2, -0.15) is 0 Å². The molecule has 0 fully saturated rings. The highest BCUT2D eigenvalue weighted by Crippen LogP contribution is 2.18. The summed E-state index contributed by atoms with van der Waals surface area (Å²) in [6, 6.07) is 13.2. The number of carboxylic acids is 1. The van der Waals surface area contributed by atoms with Crippen LogP contribution >= 0.6 is 0 Å². The van der Waals surface area contributed by atoms with Crippen LogP contribution in [0.15, 0.2) is 48.5 Å². The molecule has 25 heavy (non-hydrogen) atoms. The number of hydrogen-bond donors (Lipinski definition) is 2. The zero-order chi connectivity index (χ0) is 18.1. The van der Waals surface area contributed by atoms with Crippen LogP contribution < -0.4 is 10.1 Å². The number of amides is 1. The Morgan fingerprint density at radius 3 is 2.36 bits per heavy atom. The molecule has 6 heteroatoms. The summed E-state index contributed by atoms with van der Waals surface area (Å²) in [5.41, 5.74) is 1.10. The maximum Gasteiger partial charge on any atom is 0.303 e. The van der Waals surface area contributed by atoms with Crippen molar-refractivity contribution in [3.8, 4) is 5.75 Å². The highest BCUT2D eigenvalue weighted by molar-refractivity contribution is 5.90. The van der Waals surface area contributed by atoms with E-state index in [1.807, 2.05) is 0 Å². The maximum atomic E-state index is 13.5. The van der Waals surface area contributed by atoms with Gasteiger partial charge in [-0.05, 0) is 43.2 Å². The fourth-order valence-corrected chi connectivity index (χ4v) is 2.20. The molecule has 2 rings (SSSR count). The molecule has 0 bridgehead atoms. The largest absolute Gasteiger partial charge is 0.489 e. The summed E-state index contributed by atoms with van der Waals surface area (Å²) in [7, 11) is 0. The third kappa shape index (κ3) is 6.63. The molecule has 0 saturated carbocycles. The molecule has 0 aliphatic heterocycles. The van der Waals surface area contributed by atoms with Gasteiger partial charge in [0.1, 0.15) is 18.2 Å². The average Bonchev–Trinajstić information content (AvgIpc) is 2.59. The number of anilines is 1. The predicted octanol–water partition coefficient (Wildman–Crippen LogP) is 3.99. The zero-order valence-electron chi connectivity index (χ0n) is 13.7. The van der Waals surface area contributed by atoms with Crippen molar-refractivity contribution >= 4 is 17.6 Å². The highest BCUT2D eigenvalue weighted by Gasteiger charge is 2.05. The number of carboxylic acid groups (broad SMARTS) is 1. The van der Waals surface area contributed by atoms with Gasteiger partial charge in [-0.3, -0.25) is 9.59 Å². The van der Waals surface area contributed by atoms with Gasteiger partial charge in [0, 0.05) is 24.1 Å². The summed E-state index contributed by atoms with van der Waals surface area (Å²) in [6.07, 6.45) is 1.35. The van der Waals surface area contributed by atoms with E-state index in [1.54, 1.807) is 42.5 Å². The number of halogens is 1. The molecule has 2 aromatic rings. The molecule has 0 heterocycles. The smallest absolute Gasteiger partial charge is 0.303 e. The number of unbranched alkanes of at least 4 members (excludes halogenated alkanes) is 1. The summed E-state index contributed by atoms with van der Waals surface area (Å²) in [4.78, 5) is 22.2. The summed E-state index contributed by atoms with van der Waals surface area (Å²) in [6.45, 7) is 0.127. The van der Waals surface area contributed by atoms with E-state index in [0.29, 0.717) is 29.8 Å². The summed E-state index contributed by atoms with van der Waals surface area (Å²) < 4.78 is 19.0. The first-order chi connectivity index (χ1) is 12.0. The van der Waals surface area contributed by atoms with E-state index >= 15 is 0 Å². The van der Waals surface area contributed by atoms with Crippen LogP contribution in [-0.4, -0.2) is 17.0 Å². The number of rotatable bonds is 9. The first-order valence-electron chi connectivity index (χ1n) is 8.02. The quantitative estimate of drug-likeness (QED) is 0.674.